The van der Waals surface area contributed by atoms with Crippen molar-refractivity contribution in [3.8, 4) is 5.75 Å². The Morgan fingerprint density at radius 2 is 2.12 bits per heavy atom. The third kappa shape index (κ3) is 1.71. The zero-order valence-electron chi connectivity index (χ0n) is 8.90. The molecular weight excluding hydrogens is 208 g/mol. The van der Waals surface area contributed by atoms with Crippen LogP contribution in [0, 0.1) is 0 Å². The lowest BCUT2D eigenvalue weighted by atomic mass is 10.2. The Balaban J connectivity index is 2.38. The molecule has 1 fully saturated rings. The topological polar surface area (TPSA) is 58.6 Å². The second kappa shape index (κ2) is 4.22. The summed E-state index contributed by atoms with van der Waals surface area (Å²) in [5, 5.41) is 2.47. The summed E-state index contributed by atoms with van der Waals surface area (Å²) in [4.78, 5) is 24.1. The van der Waals surface area contributed by atoms with Gasteiger partial charge in [0, 0.05) is 0 Å². The molecule has 5 nitrogen and oxygen atoms in total. The van der Waals surface area contributed by atoms with E-state index in [-0.39, 0.29) is 12.5 Å². The molecule has 3 amide bonds. The highest BCUT2D eigenvalue weighted by Gasteiger charge is 2.31. The summed E-state index contributed by atoms with van der Waals surface area (Å²) in [7, 11) is 0. The van der Waals surface area contributed by atoms with Crippen molar-refractivity contribution < 1.29 is 14.3 Å². The molecule has 0 saturated carbocycles. The van der Waals surface area contributed by atoms with Crippen LogP contribution in [0.5, 0.6) is 5.75 Å². The maximum atomic E-state index is 11.5. The Labute approximate surface area is 93.0 Å². The van der Waals surface area contributed by atoms with E-state index in [0.717, 1.165) is 4.90 Å². The van der Waals surface area contributed by atoms with Gasteiger partial charge in [-0.05, 0) is 19.1 Å². The molecule has 1 aliphatic heterocycles. The van der Waals surface area contributed by atoms with Gasteiger partial charge < -0.3 is 10.1 Å². The number of benzene rings is 1. The molecule has 0 unspecified atom stereocenters. The van der Waals surface area contributed by atoms with Crippen molar-refractivity contribution in [3.05, 3.63) is 24.3 Å². The van der Waals surface area contributed by atoms with Crippen LogP contribution >= 0.6 is 0 Å². The second-order valence-electron chi connectivity index (χ2n) is 3.29. The number of imide groups is 1. The average molecular weight is 220 g/mol. The van der Waals surface area contributed by atoms with Crippen molar-refractivity contribution in [2.75, 3.05) is 18.1 Å². The normalized spacial score (nSPS) is 15.2. The van der Waals surface area contributed by atoms with Gasteiger partial charge in [-0.1, -0.05) is 12.1 Å². The zero-order chi connectivity index (χ0) is 11.5. The summed E-state index contributed by atoms with van der Waals surface area (Å²) in [6.07, 6.45) is 0. The number of amides is 3. The van der Waals surface area contributed by atoms with Crippen LogP contribution in [0.3, 0.4) is 0 Å². The van der Waals surface area contributed by atoms with Crippen LogP contribution < -0.4 is 15.0 Å². The minimum Gasteiger partial charge on any atom is -0.492 e. The first-order valence-corrected chi connectivity index (χ1v) is 5.06. The zero-order valence-corrected chi connectivity index (χ0v) is 8.90. The molecule has 0 spiro atoms. The first kappa shape index (κ1) is 10.5. The van der Waals surface area contributed by atoms with Gasteiger partial charge in [-0.2, -0.15) is 0 Å². The van der Waals surface area contributed by atoms with Gasteiger partial charge in [-0.3, -0.25) is 4.79 Å². The molecule has 84 valence electrons. The van der Waals surface area contributed by atoms with Crippen molar-refractivity contribution in [2.45, 2.75) is 6.92 Å². The quantitative estimate of drug-likeness (QED) is 0.777. The van der Waals surface area contributed by atoms with Gasteiger partial charge in [0.05, 0.1) is 18.8 Å². The Kier molecular flexibility index (Phi) is 2.76. The van der Waals surface area contributed by atoms with Crippen molar-refractivity contribution >= 4 is 17.6 Å². The Hall–Kier alpha value is -2.04. The van der Waals surface area contributed by atoms with Crippen molar-refractivity contribution in [2.24, 2.45) is 0 Å². The molecule has 1 saturated heterocycles. The minimum absolute atomic E-state index is 0.0410. The minimum atomic E-state index is -0.405. The SMILES string of the molecule is CCOc1ccccc1N1C(=O)CNC1=O. The van der Waals surface area contributed by atoms with Crippen LogP contribution in [0.2, 0.25) is 0 Å². The van der Waals surface area contributed by atoms with Gasteiger partial charge in [0.15, 0.2) is 0 Å². The number of nitrogens with zero attached hydrogens (tertiary/aromatic N) is 1. The van der Waals surface area contributed by atoms with Crippen LogP contribution in [0.15, 0.2) is 24.3 Å². The summed E-state index contributed by atoms with van der Waals surface area (Å²) in [6.45, 7) is 2.38. The van der Waals surface area contributed by atoms with Gasteiger partial charge in [0.2, 0.25) is 0 Å². The summed E-state index contributed by atoms with van der Waals surface area (Å²) >= 11 is 0. The van der Waals surface area contributed by atoms with Crippen LogP contribution in [0.4, 0.5) is 10.5 Å². The Morgan fingerprint density at radius 3 is 2.75 bits per heavy atom. The Morgan fingerprint density at radius 1 is 1.38 bits per heavy atom. The third-order valence-electron chi connectivity index (χ3n) is 2.25. The maximum absolute atomic E-state index is 11.5. The molecule has 1 aliphatic rings. The monoisotopic (exact) mass is 220 g/mol. The number of nitrogens with one attached hydrogen (secondary N) is 1. The van der Waals surface area contributed by atoms with E-state index < -0.39 is 6.03 Å². The van der Waals surface area contributed by atoms with Gasteiger partial charge in [0.25, 0.3) is 5.91 Å². The molecule has 0 aliphatic carbocycles. The first-order valence-electron chi connectivity index (χ1n) is 5.06. The fraction of sp³-hybridized carbons (Fsp3) is 0.273. The standard InChI is InChI=1S/C11H12N2O3/c1-2-16-9-6-4-3-5-8(9)13-10(14)7-12-11(13)15/h3-6H,2,7H2,1H3,(H,12,15). The van der Waals surface area contributed by atoms with E-state index in [1.807, 2.05) is 6.92 Å². The van der Waals surface area contributed by atoms with E-state index in [2.05, 4.69) is 5.32 Å². The molecule has 0 aromatic heterocycles. The van der Waals surface area contributed by atoms with E-state index in [9.17, 15) is 9.59 Å². The predicted molar refractivity (Wildman–Crippen MR) is 58.5 cm³/mol. The highest BCUT2D eigenvalue weighted by molar-refractivity contribution is 6.20. The molecule has 0 bridgehead atoms. The highest BCUT2D eigenvalue weighted by atomic mass is 16.5. The van der Waals surface area contributed by atoms with E-state index in [0.29, 0.717) is 18.0 Å². The molecule has 1 heterocycles. The second-order valence-corrected chi connectivity index (χ2v) is 3.29. The summed E-state index contributed by atoms with van der Waals surface area (Å²) < 4.78 is 5.37. The van der Waals surface area contributed by atoms with Crippen LogP contribution in [0.25, 0.3) is 0 Å². The lowest BCUT2D eigenvalue weighted by Crippen LogP contribution is -2.31. The number of carbonyl (C=O) groups is 2. The smallest absolute Gasteiger partial charge is 0.329 e. The van der Waals surface area contributed by atoms with Crippen molar-refractivity contribution in [1.29, 1.82) is 0 Å². The molecular formula is C11H12N2O3. The van der Waals surface area contributed by atoms with Gasteiger partial charge in [0.1, 0.15) is 5.75 Å². The van der Waals surface area contributed by atoms with Crippen LogP contribution in [-0.4, -0.2) is 25.1 Å². The molecule has 1 aromatic carbocycles. The molecule has 1 aromatic rings. The number of hydrogen-bond donors (Lipinski definition) is 1. The summed E-state index contributed by atoms with van der Waals surface area (Å²) in [6, 6.07) is 6.58. The molecule has 0 radical (unpaired) electrons. The van der Waals surface area contributed by atoms with Gasteiger partial charge >= 0.3 is 6.03 Å². The Bertz CT molecular complexity index is 415. The van der Waals surface area contributed by atoms with E-state index >= 15 is 0 Å². The third-order valence-corrected chi connectivity index (χ3v) is 2.25. The predicted octanol–water partition coefficient (Wildman–Crippen LogP) is 1.14. The molecule has 1 N–H and O–H groups in total. The number of urea groups is 1. The van der Waals surface area contributed by atoms with Crippen molar-refractivity contribution in [1.82, 2.24) is 5.32 Å². The molecule has 16 heavy (non-hydrogen) atoms. The number of para-hydroxylation sites is 2. The van der Waals surface area contributed by atoms with Gasteiger partial charge in [-0.25, -0.2) is 9.69 Å². The molecule has 2 rings (SSSR count). The number of rotatable bonds is 3. The van der Waals surface area contributed by atoms with Crippen LogP contribution in [-0.2, 0) is 4.79 Å². The van der Waals surface area contributed by atoms with E-state index in [4.69, 9.17) is 4.74 Å². The number of hydrogen-bond acceptors (Lipinski definition) is 3. The number of anilines is 1. The lowest BCUT2D eigenvalue weighted by molar-refractivity contribution is -0.115. The molecule has 0 atom stereocenters. The van der Waals surface area contributed by atoms with Gasteiger partial charge in [-0.15, -0.1) is 0 Å². The lowest BCUT2D eigenvalue weighted by Gasteiger charge is -2.16. The van der Waals surface area contributed by atoms with E-state index in [1.165, 1.54) is 0 Å². The highest BCUT2D eigenvalue weighted by Crippen LogP contribution is 2.29. The number of carbonyl (C=O) groups excluding carboxylic acids is 2. The average Bonchev–Trinajstić information content (AvgIpc) is 2.60. The maximum Gasteiger partial charge on any atom is 0.329 e. The fourth-order valence-electron chi connectivity index (χ4n) is 1.59. The summed E-state index contributed by atoms with van der Waals surface area (Å²) in [5.74, 6) is 0.271. The van der Waals surface area contributed by atoms with E-state index in [1.54, 1.807) is 24.3 Å². The summed E-state index contributed by atoms with van der Waals surface area (Å²) in [5.41, 5.74) is 0.490. The molecule has 5 heteroatoms. The number of ether oxygens (including phenoxy) is 1. The van der Waals surface area contributed by atoms with Crippen molar-refractivity contribution in [3.63, 3.8) is 0 Å². The fourth-order valence-corrected chi connectivity index (χ4v) is 1.59. The first-order chi connectivity index (χ1) is 7.74. The van der Waals surface area contributed by atoms with Crippen LogP contribution in [0.1, 0.15) is 6.92 Å². The largest absolute Gasteiger partial charge is 0.492 e.